The minimum atomic E-state index is -0.923. The van der Waals surface area contributed by atoms with Gasteiger partial charge in [-0.15, -0.1) is 0 Å². The molecule has 0 aromatic heterocycles. The van der Waals surface area contributed by atoms with Crippen molar-refractivity contribution >= 4 is 5.97 Å². The van der Waals surface area contributed by atoms with Gasteiger partial charge in [-0.1, -0.05) is 0 Å². The fourth-order valence-corrected chi connectivity index (χ4v) is 2.45. The van der Waals surface area contributed by atoms with Crippen LogP contribution in [0, 0.1) is 5.82 Å². The van der Waals surface area contributed by atoms with Gasteiger partial charge in [0.1, 0.15) is 11.6 Å². The summed E-state index contributed by atoms with van der Waals surface area (Å²) in [4.78, 5) is 12.3. The van der Waals surface area contributed by atoms with E-state index in [4.69, 9.17) is 9.47 Å². The second kappa shape index (κ2) is 5.57. The third-order valence-corrected chi connectivity index (χ3v) is 3.45. The molecule has 1 aromatic rings. The minimum Gasteiger partial charge on any atom is -0.508 e. The van der Waals surface area contributed by atoms with Gasteiger partial charge < -0.3 is 14.6 Å². The Balaban J connectivity index is 2.44. The highest BCUT2D eigenvalue weighted by Crippen LogP contribution is 2.37. The first-order chi connectivity index (χ1) is 9.08. The van der Waals surface area contributed by atoms with Crippen LogP contribution in [0.25, 0.3) is 0 Å². The summed E-state index contributed by atoms with van der Waals surface area (Å²) in [5.41, 5.74) is -0.472. The molecular formula is C14H17FO4. The third-order valence-electron chi connectivity index (χ3n) is 3.45. The van der Waals surface area contributed by atoms with E-state index in [0.717, 1.165) is 6.07 Å². The summed E-state index contributed by atoms with van der Waals surface area (Å²) in [7, 11) is 0. The lowest BCUT2D eigenvalue weighted by Gasteiger charge is -2.35. The van der Waals surface area contributed by atoms with E-state index in [1.165, 1.54) is 12.1 Å². The van der Waals surface area contributed by atoms with Gasteiger partial charge >= 0.3 is 5.97 Å². The van der Waals surface area contributed by atoms with Crippen molar-refractivity contribution in [3.63, 3.8) is 0 Å². The lowest BCUT2D eigenvalue weighted by atomic mass is 9.74. The van der Waals surface area contributed by atoms with Crippen molar-refractivity contribution in [2.24, 2.45) is 0 Å². The van der Waals surface area contributed by atoms with Gasteiger partial charge in [-0.3, -0.25) is 4.79 Å². The Kier molecular flexibility index (Phi) is 4.04. The average molecular weight is 268 g/mol. The normalized spacial score (nSPS) is 18.0. The summed E-state index contributed by atoms with van der Waals surface area (Å²) in [6, 6.07) is 3.72. The third kappa shape index (κ3) is 2.71. The predicted octanol–water partition coefficient (Wildman–Crippen LogP) is 2.14. The molecule has 0 radical (unpaired) electrons. The van der Waals surface area contributed by atoms with Crippen molar-refractivity contribution in [3.8, 4) is 5.75 Å². The van der Waals surface area contributed by atoms with E-state index in [2.05, 4.69) is 0 Å². The number of hydrogen-bond donors (Lipinski definition) is 1. The van der Waals surface area contributed by atoms with E-state index in [1.807, 2.05) is 0 Å². The lowest BCUT2D eigenvalue weighted by molar-refractivity contribution is -0.154. The maximum Gasteiger partial charge on any atom is 0.316 e. The molecule has 1 aliphatic rings. The number of rotatable bonds is 3. The Morgan fingerprint density at radius 2 is 2.11 bits per heavy atom. The van der Waals surface area contributed by atoms with Crippen molar-refractivity contribution < 1.29 is 23.8 Å². The van der Waals surface area contributed by atoms with Gasteiger partial charge in [0.25, 0.3) is 0 Å². The second-order valence-electron chi connectivity index (χ2n) is 4.61. The molecule has 19 heavy (non-hydrogen) atoms. The molecule has 0 unspecified atom stereocenters. The van der Waals surface area contributed by atoms with Crippen LogP contribution >= 0.6 is 0 Å². The number of halogens is 1. The maximum atomic E-state index is 13.5. The summed E-state index contributed by atoms with van der Waals surface area (Å²) < 4.78 is 23.9. The number of phenolic OH excluding ortho intramolecular Hbond substituents is 1. The molecule has 0 saturated carbocycles. The van der Waals surface area contributed by atoms with Crippen LogP contribution in [0.4, 0.5) is 4.39 Å². The number of hydrogen-bond acceptors (Lipinski definition) is 4. The topological polar surface area (TPSA) is 55.8 Å². The Hall–Kier alpha value is -1.62. The fourth-order valence-electron chi connectivity index (χ4n) is 2.45. The molecule has 1 aromatic carbocycles. The molecule has 0 bridgehead atoms. The highest BCUT2D eigenvalue weighted by molar-refractivity contribution is 5.83. The highest BCUT2D eigenvalue weighted by atomic mass is 19.1. The summed E-state index contributed by atoms with van der Waals surface area (Å²) in [6.45, 7) is 2.82. The van der Waals surface area contributed by atoms with Crippen LogP contribution < -0.4 is 0 Å². The second-order valence-corrected chi connectivity index (χ2v) is 4.61. The summed E-state index contributed by atoms with van der Waals surface area (Å²) in [5, 5.41) is 9.53. The van der Waals surface area contributed by atoms with Crippen LogP contribution in [0.1, 0.15) is 25.3 Å². The van der Waals surface area contributed by atoms with Gasteiger partial charge in [0, 0.05) is 19.3 Å². The fraction of sp³-hybridized carbons (Fsp3) is 0.500. The minimum absolute atomic E-state index is 0.190. The number of esters is 1. The number of ether oxygens (including phenoxy) is 2. The lowest BCUT2D eigenvalue weighted by Crippen LogP contribution is -2.42. The first kappa shape index (κ1) is 13.8. The highest BCUT2D eigenvalue weighted by Gasteiger charge is 2.43. The molecular weight excluding hydrogens is 251 g/mol. The van der Waals surface area contributed by atoms with E-state index in [9.17, 15) is 14.3 Å². The van der Waals surface area contributed by atoms with Crippen molar-refractivity contribution in [2.45, 2.75) is 25.2 Å². The standard InChI is InChI=1S/C14H17FO4/c1-2-19-13(17)14(3-5-18-6-4-14)10-7-11(15)9-12(16)8-10/h7-9,16H,2-6H2,1H3. The zero-order valence-corrected chi connectivity index (χ0v) is 10.8. The summed E-state index contributed by atoms with van der Waals surface area (Å²) >= 11 is 0. The molecule has 1 fully saturated rings. The van der Waals surface area contributed by atoms with Crippen molar-refractivity contribution in [1.82, 2.24) is 0 Å². The molecule has 1 heterocycles. The van der Waals surface area contributed by atoms with Crippen molar-refractivity contribution in [2.75, 3.05) is 19.8 Å². The number of aromatic hydroxyl groups is 1. The predicted molar refractivity (Wildman–Crippen MR) is 66.4 cm³/mol. The van der Waals surface area contributed by atoms with E-state index >= 15 is 0 Å². The first-order valence-corrected chi connectivity index (χ1v) is 6.33. The summed E-state index contributed by atoms with van der Waals surface area (Å²) in [5.74, 6) is -1.14. The molecule has 1 saturated heterocycles. The van der Waals surface area contributed by atoms with Crippen molar-refractivity contribution in [3.05, 3.63) is 29.6 Å². The molecule has 0 atom stereocenters. The van der Waals surface area contributed by atoms with E-state index in [1.54, 1.807) is 6.92 Å². The van der Waals surface area contributed by atoms with Crippen LogP contribution in [0.15, 0.2) is 18.2 Å². The van der Waals surface area contributed by atoms with Crippen LogP contribution in [0.5, 0.6) is 5.75 Å². The maximum absolute atomic E-state index is 13.5. The van der Waals surface area contributed by atoms with Gasteiger partial charge in [0.15, 0.2) is 0 Å². The van der Waals surface area contributed by atoms with Gasteiger partial charge in [-0.25, -0.2) is 4.39 Å². The molecule has 0 aliphatic carbocycles. The summed E-state index contributed by atoms with van der Waals surface area (Å²) in [6.07, 6.45) is 0.851. The van der Waals surface area contributed by atoms with E-state index in [-0.39, 0.29) is 18.3 Å². The SMILES string of the molecule is CCOC(=O)C1(c2cc(O)cc(F)c2)CCOCC1. The van der Waals surface area contributed by atoms with Gasteiger partial charge in [-0.2, -0.15) is 0 Å². The average Bonchev–Trinajstić information content (AvgIpc) is 2.38. The quantitative estimate of drug-likeness (QED) is 0.853. The Morgan fingerprint density at radius 3 is 2.68 bits per heavy atom. The molecule has 0 amide bonds. The van der Waals surface area contributed by atoms with Crippen LogP contribution in [0.2, 0.25) is 0 Å². The van der Waals surface area contributed by atoms with Crippen LogP contribution in [-0.4, -0.2) is 30.9 Å². The molecule has 5 heteroatoms. The zero-order chi connectivity index (χ0) is 13.9. The molecule has 104 valence electrons. The van der Waals surface area contributed by atoms with Gasteiger partial charge in [-0.05, 0) is 37.5 Å². The Labute approximate surface area is 111 Å². The number of benzene rings is 1. The molecule has 2 rings (SSSR count). The van der Waals surface area contributed by atoms with E-state index < -0.39 is 11.2 Å². The Morgan fingerprint density at radius 1 is 1.42 bits per heavy atom. The van der Waals surface area contributed by atoms with Gasteiger partial charge in [0.05, 0.1) is 12.0 Å². The largest absolute Gasteiger partial charge is 0.508 e. The number of carbonyl (C=O) groups is 1. The number of phenols is 1. The molecule has 1 aliphatic heterocycles. The monoisotopic (exact) mass is 268 g/mol. The van der Waals surface area contributed by atoms with Crippen LogP contribution in [-0.2, 0) is 19.7 Å². The molecule has 1 N–H and O–H groups in total. The van der Waals surface area contributed by atoms with E-state index in [0.29, 0.717) is 31.6 Å². The number of carbonyl (C=O) groups excluding carboxylic acids is 1. The van der Waals surface area contributed by atoms with Crippen LogP contribution in [0.3, 0.4) is 0 Å². The van der Waals surface area contributed by atoms with Gasteiger partial charge in [0.2, 0.25) is 0 Å². The Bertz CT molecular complexity index is 446. The zero-order valence-electron chi connectivity index (χ0n) is 10.8. The molecule has 0 spiro atoms. The molecule has 4 nitrogen and oxygen atoms in total. The van der Waals surface area contributed by atoms with Crippen molar-refractivity contribution in [1.29, 1.82) is 0 Å². The smallest absolute Gasteiger partial charge is 0.316 e. The first-order valence-electron chi connectivity index (χ1n) is 6.33.